The third-order valence-corrected chi connectivity index (χ3v) is 2.92. The Balaban J connectivity index is 2.16. The molecule has 2 rings (SSSR count). The van der Waals surface area contributed by atoms with Crippen LogP contribution in [0.3, 0.4) is 0 Å². The highest BCUT2D eigenvalue weighted by Crippen LogP contribution is 2.32. The number of thiazole rings is 1. The minimum absolute atomic E-state index is 0.114. The lowest BCUT2D eigenvalue weighted by Crippen LogP contribution is -2.11. The van der Waals surface area contributed by atoms with E-state index in [-0.39, 0.29) is 12.1 Å². The zero-order valence-corrected chi connectivity index (χ0v) is 9.48. The fourth-order valence-electron chi connectivity index (χ4n) is 1.43. The topological polar surface area (TPSA) is 24.9 Å². The van der Waals surface area contributed by atoms with Gasteiger partial charge in [-0.1, -0.05) is 18.2 Å². The number of alkyl halides is 3. The predicted molar refractivity (Wildman–Crippen MR) is 60.9 cm³/mol. The number of nitrogens with one attached hydrogen (secondary N) is 1. The van der Waals surface area contributed by atoms with E-state index in [0.717, 1.165) is 6.07 Å². The molecule has 0 unspecified atom stereocenters. The van der Waals surface area contributed by atoms with Crippen molar-refractivity contribution in [2.75, 3.05) is 5.32 Å². The van der Waals surface area contributed by atoms with Crippen molar-refractivity contribution >= 4 is 16.5 Å². The molecule has 0 saturated heterocycles. The van der Waals surface area contributed by atoms with Crippen molar-refractivity contribution in [3.8, 4) is 0 Å². The first-order valence-electron chi connectivity index (χ1n) is 4.86. The molecular weight excluding hydrogens is 249 g/mol. The van der Waals surface area contributed by atoms with Gasteiger partial charge in [-0.05, 0) is 11.6 Å². The van der Waals surface area contributed by atoms with Gasteiger partial charge >= 0.3 is 6.18 Å². The molecule has 0 saturated carbocycles. The molecule has 1 N–H and O–H groups in total. The Labute approximate surface area is 100 Å². The van der Waals surface area contributed by atoms with E-state index >= 15 is 0 Å². The number of halogens is 3. The van der Waals surface area contributed by atoms with Crippen molar-refractivity contribution in [1.82, 2.24) is 4.98 Å². The van der Waals surface area contributed by atoms with E-state index in [9.17, 15) is 13.2 Å². The summed E-state index contributed by atoms with van der Waals surface area (Å²) in [7, 11) is 0. The van der Waals surface area contributed by atoms with Gasteiger partial charge in [-0.25, -0.2) is 4.98 Å². The number of hydrogen-bond donors (Lipinski definition) is 1. The number of nitrogens with zero attached hydrogens (tertiary/aromatic N) is 1. The third-order valence-electron chi connectivity index (χ3n) is 2.19. The fraction of sp³-hybridized carbons (Fsp3) is 0.182. The molecule has 1 heterocycles. The molecule has 90 valence electrons. The Morgan fingerprint density at radius 2 is 2.00 bits per heavy atom. The molecule has 0 spiro atoms. The Morgan fingerprint density at radius 1 is 1.24 bits per heavy atom. The normalized spacial score (nSPS) is 11.5. The van der Waals surface area contributed by atoms with Gasteiger partial charge in [0.15, 0.2) is 5.13 Å². The number of rotatable bonds is 3. The highest BCUT2D eigenvalue weighted by Gasteiger charge is 2.32. The Kier molecular flexibility index (Phi) is 3.33. The first kappa shape index (κ1) is 11.9. The van der Waals surface area contributed by atoms with Crippen molar-refractivity contribution in [2.45, 2.75) is 12.7 Å². The molecule has 2 aromatic rings. The van der Waals surface area contributed by atoms with Gasteiger partial charge in [0.25, 0.3) is 0 Å². The number of anilines is 1. The molecule has 0 aliphatic carbocycles. The third kappa shape index (κ3) is 2.97. The smallest absolute Gasteiger partial charge is 0.357 e. The largest absolute Gasteiger partial charge is 0.416 e. The predicted octanol–water partition coefficient (Wildman–Crippen LogP) is 3.77. The second kappa shape index (κ2) is 4.75. The van der Waals surface area contributed by atoms with Gasteiger partial charge in [-0.15, -0.1) is 11.3 Å². The lowest BCUT2D eigenvalue weighted by atomic mass is 10.1. The van der Waals surface area contributed by atoms with Crippen LogP contribution in [0.25, 0.3) is 0 Å². The standard InChI is InChI=1S/C11H9F3N2S/c12-11(13,14)9-4-2-1-3-8(9)7-16-10-15-5-6-17-10/h1-6H,7H2,(H,15,16). The molecule has 1 aromatic carbocycles. The van der Waals surface area contributed by atoms with Gasteiger partial charge in [0.05, 0.1) is 5.56 Å². The lowest BCUT2D eigenvalue weighted by molar-refractivity contribution is -0.138. The lowest BCUT2D eigenvalue weighted by Gasteiger charge is -2.12. The van der Waals surface area contributed by atoms with Crippen LogP contribution in [0.15, 0.2) is 35.8 Å². The van der Waals surface area contributed by atoms with Gasteiger partial charge in [0.1, 0.15) is 0 Å². The summed E-state index contributed by atoms with van der Waals surface area (Å²) in [6.07, 6.45) is -2.72. The van der Waals surface area contributed by atoms with Gasteiger partial charge < -0.3 is 5.32 Å². The number of aromatic nitrogens is 1. The first-order chi connectivity index (χ1) is 8.07. The summed E-state index contributed by atoms with van der Waals surface area (Å²) in [5, 5.41) is 5.24. The summed E-state index contributed by atoms with van der Waals surface area (Å²) in [6.45, 7) is 0.114. The Hall–Kier alpha value is -1.56. The Morgan fingerprint density at radius 3 is 2.65 bits per heavy atom. The van der Waals surface area contributed by atoms with Crippen LogP contribution in [0.2, 0.25) is 0 Å². The maximum absolute atomic E-state index is 12.7. The maximum atomic E-state index is 12.7. The van der Waals surface area contributed by atoms with Gasteiger partial charge in [-0.2, -0.15) is 13.2 Å². The summed E-state index contributed by atoms with van der Waals surface area (Å²) in [5.41, 5.74) is -0.390. The monoisotopic (exact) mass is 258 g/mol. The van der Waals surface area contributed by atoms with E-state index in [2.05, 4.69) is 10.3 Å². The molecule has 0 atom stereocenters. The van der Waals surface area contributed by atoms with Crippen molar-refractivity contribution in [3.05, 3.63) is 47.0 Å². The van der Waals surface area contributed by atoms with Crippen LogP contribution >= 0.6 is 11.3 Å². The average Bonchev–Trinajstić information content (AvgIpc) is 2.78. The summed E-state index contributed by atoms with van der Waals surface area (Å²) in [5.74, 6) is 0. The highest BCUT2D eigenvalue weighted by molar-refractivity contribution is 7.13. The van der Waals surface area contributed by atoms with Crippen molar-refractivity contribution in [1.29, 1.82) is 0 Å². The van der Waals surface area contributed by atoms with Crippen molar-refractivity contribution in [3.63, 3.8) is 0 Å². The van der Waals surface area contributed by atoms with Crippen LogP contribution < -0.4 is 5.32 Å². The van der Waals surface area contributed by atoms with Crippen molar-refractivity contribution < 1.29 is 13.2 Å². The zero-order chi connectivity index (χ0) is 12.3. The van der Waals surface area contributed by atoms with E-state index in [1.54, 1.807) is 17.6 Å². The van der Waals surface area contributed by atoms with E-state index in [0.29, 0.717) is 5.13 Å². The Bertz CT molecular complexity index is 480. The van der Waals surface area contributed by atoms with Gasteiger partial charge in [0, 0.05) is 18.1 Å². The molecule has 0 fully saturated rings. The number of benzene rings is 1. The molecule has 2 nitrogen and oxygen atoms in total. The van der Waals surface area contributed by atoms with Crippen molar-refractivity contribution in [2.24, 2.45) is 0 Å². The maximum Gasteiger partial charge on any atom is 0.416 e. The van der Waals surface area contributed by atoms with E-state index in [4.69, 9.17) is 0 Å². The minimum atomic E-state index is -4.32. The van der Waals surface area contributed by atoms with E-state index in [1.165, 1.54) is 23.5 Å². The molecule has 0 radical (unpaired) electrons. The first-order valence-corrected chi connectivity index (χ1v) is 5.74. The van der Waals surface area contributed by atoms with Gasteiger partial charge in [-0.3, -0.25) is 0 Å². The van der Waals surface area contributed by atoms with Crippen LogP contribution in [-0.4, -0.2) is 4.98 Å². The second-order valence-electron chi connectivity index (χ2n) is 3.35. The molecular formula is C11H9F3N2S. The summed E-state index contributed by atoms with van der Waals surface area (Å²) in [6, 6.07) is 5.52. The summed E-state index contributed by atoms with van der Waals surface area (Å²) in [4.78, 5) is 3.95. The number of hydrogen-bond acceptors (Lipinski definition) is 3. The van der Waals surface area contributed by atoms with Crippen LogP contribution in [0.4, 0.5) is 18.3 Å². The van der Waals surface area contributed by atoms with Crippen LogP contribution in [0.5, 0.6) is 0 Å². The van der Waals surface area contributed by atoms with E-state index < -0.39 is 11.7 Å². The second-order valence-corrected chi connectivity index (χ2v) is 4.24. The minimum Gasteiger partial charge on any atom is -0.357 e. The van der Waals surface area contributed by atoms with E-state index in [1.807, 2.05) is 0 Å². The molecule has 0 aliphatic heterocycles. The highest BCUT2D eigenvalue weighted by atomic mass is 32.1. The summed E-state index contributed by atoms with van der Waals surface area (Å²) < 4.78 is 38.0. The van der Waals surface area contributed by atoms with Crippen LogP contribution in [0.1, 0.15) is 11.1 Å². The zero-order valence-electron chi connectivity index (χ0n) is 8.66. The van der Waals surface area contributed by atoms with Crippen LogP contribution in [0, 0.1) is 0 Å². The molecule has 1 aromatic heterocycles. The van der Waals surface area contributed by atoms with Gasteiger partial charge in [0.2, 0.25) is 0 Å². The fourth-order valence-corrected chi connectivity index (χ4v) is 1.96. The molecule has 0 amide bonds. The quantitative estimate of drug-likeness (QED) is 0.906. The molecule has 6 heteroatoms. The molecule has 0 bridgehead atoms. The summed E-state index contributed by atoms with van der Waals surface area (Å²) >= 11 is 1.35. The molecule has 0 aliphatic rings. The molecule has 17 heavy (non-hydrogen) atoms. The average molecular weight is 258 g/mol. The SMILES string of the molecule is FC(F)(F)c1ccccc1CNc1nccs1. The van der Waals surface area contributed by atoms with Crippen LogP contribution in [-0.2, 0) is 12.7 Å².